The fourth-order valence-corrected chi connectivity index (χ4v) is 2.87. The maximum absolute atomic E-state index is 13.4. The number of methoxy groups -OCH3 is 2. The first-order valence-electron chi connectivity index (χ1n) is 7.30. The smallest absolute Gasteiger partial charge is 0.315 e. The Balaban J connectivity index is 2.48. The molecule has 11 heteroatoms. The number of aromatic nitrogens is 4. The van der Waals surface area contributed by atoms with Gasteiger partial charge in [0.2, 0.25) is 17.7 Å². The van der Waals surface area contributed by atoms with E-state index >= 15 is 0 Å². The molecule has 0 aromatic carbocycles. The maximum atomic E-state index is 13.4. The van der Waals surface area contributed by atoms with E-state index in [9.17, 15) is 14.0 Å². The van der Waals surface area contributed by atoms with E-state index in [0.717, 1.165) is 11.8 Å². The lowest BCUT2D eigenvalue weighted by atomic mass is 10.2. The van der Waals surface area contributed by atoms with Gasteiger partial charge in [-0.2, -0.15) is 14.4 Å². The van der Waals surface area contributed by atoms with Gasteiger partial charge in [0.1, 0.15) is 16.5 Å². The van der Waals surface area contributed by atoms with Gasteiger partial charge in [0.15, 0.2) is 5.16 Å². The zero-order chi connectivity index (χ0) is 19.3. The summed E-state index contributed by atoms with van der Waals surface area (Å²) >= 11 is 0.955. The number of ether oxygens (including phenoxy) is 2. The largest absolute Gasteiger partial charge is 0.480 e. The first-order valence-corrected chi connectivity index (χ1v) is 8.12. The van der Waals surface area contributed by atoms with Crippen LogP contribution in [0.5, 0.6) is 11.8 Å². The zero-order valence-corrected chi connectivity index (χ0v) is 15.3. The third-order valence-corrected chi connectivity index (χ3v) is 3.77. The number of hydrogen-bond donors (Lipinski definition) is 1. The monoisotopic (exact) mass is 381 g/mol. The molecule has 0 saturated heterocycles. The number of carbonyl (C=O) groups is 2. The van der Waals surface area contributed by atoms with Crippen LogP contribution in [-0.2, 0) is 16.0 Å². The lowest BCUT2D eigenvalue weighted by Crippen LogP contribution is -2.10. The molecule has 1 N–H and O–H groups in total. The Labute approximate surface area is 152 Å². The summed E-state index contributed by atoms with van der Waals surface area (Å²) in [5.74, 6) is -0.309. The van der Waals surface area contributed by atoms with Crippen molar-refractivity contribution in [2.45, 2.75) is 30.3 Å². The van der Waals surface area contributed by atoms with Crippen molar-refractivity contribution in [3.63, 3.8) is 0 Å². The van der Waals surface area contributed by atoms with Crippen molar-refractivity contribution in [2.75, 3.05) is 19.5 Å². The molecule has 0 aliphatic rings. The minimum atomic E-state index is -1.01. The molecular formula is C15H16FN5O4S. The average molecular weight is 381 g/mol. The fourth-order valence-electron chi connectivity index (χ4n) is 1.95. The molecule has 0 unspecified atom stereocenters. The van der Waals surface area contributed by atoms with Crippen molar-refractivity contribution in [1.29, 1.82) is 0 Å². The molecule has 2 rings (SSSR count). The molecule has 0 radical (unpaired) electrons. The molecule has 0 atom stereocenters. The highest BCUT2D eigenvalue weighted by Crippen LogP contribution is 2.38. The van der Waals surface area contributed by atoms with Crippen molar-refractivity contribution < 1.29 is 23.5 Å². The number of carbonyl (C=O) groups excluding carboxylic acids is 2. The maximum Gasteiger partial charge on any atom is 0.315 e. The van der Waals surface area contributed by atoms with Crippen LogP contribution in [0.3, 0.4) is 0 Å². The van der Waals surface area contributed by atoms with Crippen LogP contribution in [-0.4, -0.2) is 45.8 Å². The highest BCUT2D eigenvalue weighted by atomic mass is 32.2. The Bertz CT molecular complexity index is 790. The van der Waals surface area contributed by atoms with E-state index in [2.05, 4.69) is 25.3 Å². The summed E-state index contributed by atoms with van der Waals surface area (Å²) in [6.07, 6.45) is -0.940. The number of ketones is 1. The van der Waals surface area contributed by atoms with Crippen molar-refractivity contribution in [3.05, 3.63) is 17.8 Å². The third-order valence-electron chi connectivity index (χ3n) is 2.85. The molecule has 1 amide bonds. The number of hydrogen-bond acceptors (Lipinski definition) is 9. The van der Waals surface area contributed by atoms with Crippen LogP contribution < -0.4 is 14.8 Å². The topological polar surface area (TPSA) is 116 Å². The summed E-state index contributed by atoms with van der Waals surface area (Å²) in [5, 5.41) is 2.72. The van der Waals surface area contributed by atoms with Crippen molar-refractivity contribution in [2.24, 2.45) is 0 Å². The van der Waals surface area contributed by atoms with Crippen LogP contribution in [0.15, 0.2) is 16.1 Å². The summed E-state index contributed by atoms with van der Waals surface area (Å²) in [6, 6.07) is 1.50. The highest BCUT2D eigenvalue weighted by molar-refractivity contribution is 7.99. The van der Waals surface area contributed by atoms with Gasteiger partial charge in [-0.05, 0) is 18.7 Å². The van der Waals surface area contributed by atoms with E-state index in [-0.39, 0.29) is 45.7 Å². The summed E-state index contributed by atoms with van der Waals surface area (Å²) in [7, 11) is 2.64. The zero-order valence-electron chi connectivity index (χ0n) is 14.5. The Morgan fingerprint density at radius 3 is 2.23 bits per heavy atom. The molecule has 138 valence electrons. The van der Waals surface area contributed by atoms with Crippen LogP contribution in [0.1, 0.15) is 19.5 Å². The molecule has 2 aromatic heterocycles. The normalized spacial score (nSPS) is 10.3. The summed E-state index contributed by atoms with van der Waals surface area (Å²) < 4.78 is 23.5. The molecular weight excluding hydrogens is 365 g/mol. The number of rotatable bonds is 7. The Kier molecular flexibility index (Phi) is 6.39. The minimum Gasteiger partial charge on any atom is -0.480 e. The van der Waals surface area contributed by atoms with Gasteiger partial charge in [-0.3, -0.25) is 9.59 Å². The van der Waals surface area contributed by atoms with Crippen LogP contribution in [0.4, 0.5) is 10.2 Å². The predicted molar refractivity (Wildman–Crippen MR) is 89.9 cm³/mol. The molecule has 0 saturated carbocycles. The summed E-state index contributed by atoms with van der Waals surface area (Å²) in [6.45, 7) is 2.76. The van der Waals surface area contributed by atoms with Gasteiger partial charge in [0.25, 0.3) is 0 Å². The molecule has 0 aliphatic heterocycles. The first-order chi connectivity index (χ1) is 12.3. The van der Waals surface area contributed by atoms with E-state index in [4.69, 9.17) is 9.47 Å². The summed E-state index contributed by atoms with van der Waals surface area (Å²) in [5.41, 5.74) is 0.416. The van der Waals surface area contributed by atoms with Gasteiger partial charge >= 0.3 is 6.08 Å². The van der Waals surface area contributed by atoms with E-state index in [1.54, 1.807) is 0 Å². The predicted octanol–water partition coefficient (Wildman–Crippen LogP) is 1.66. The van der Waals surface area contributed by atoms with Crippen molar-refractivity contribution in [1.82, 2.24) is 19.9 Å². The molecule has 9 nitrogen and oxygen atoms in total. The van der Waals surface area contributed by atoms with E-state index < -0.39 is 6.08 Å². The van der Waals surface area contributed by atoms with Crippen LogP contribution in [0.25, 0.3) is 0 Å². The highest BCUT2D eigenvalue weighted by Gasteiger charge is 2.20. The molecule has 2 aromatic rings. The molecule has 0 aliphatic carbocycles. The fraction of sp³-hybridized carbons (Fsp3) is 0.333. The third kappa shape index (κ3) is 5.09. The van der Waals surface area contributed by atoms with E-state index in [1.165, 1.54) is 34.1 Å². The number of nitrogens with zero attached hydrogens (tertiary/aromatic N) is 4. The van der Waals surface area contributed by atoms with Gasteiger partial charge in [-0.15, -0.1) is 0 Å². The van der Waals surface area contributed by atoms with Gasteiger partial charge in [-0.1, -0.05) is 0 Å². The molecule has 2 heterocycles. The lowest BCUT2D eigenvalue weighted by Gasteiger charge is -2.11. The van der Waals surface area contributed by atoms with E-state index in [1.807, 2.05) is 0 Å². The second-order valence-corrected chi connectivity index (χ2v) is 6.01. The Hall–Kier alpha value is -2.82. The van der Waals surface area contributed by atoms with Gasteiger partial charge < -0.3 is 14.8 Å². The molecule has 0 spiro atoms. The second kappa shape index (κ2) is 8.52. The average Bonchev–Trinajstić information content (AvgIpc) is 2.54. The van der Waals surface area contributed by atoms with Gasteiger partial charge in [0.05, 0.1) is 19.9 Å². The van der Waals surface area contributed by atoms with Crippen molar-refractivity contribution >= 4 is 29.3 Å². The van der Waals surface area contributed by atoms with Crippen LogP contribution >= 0.6 is 11.8 Å². The van der Waals surface area contributed by atoms with Crippen LogP contribution in [0.2, 0.25) is 0 Å². The number of Topliss-reactive ketones (excluding diaryl/α,β-unsaturated/α-hetero) is 1. The molecule has 0 fully saturated rings. The Morgan fingerprint density at radius 1 is 1.12 bits per heavy atom. The number of anilines is 1. The lowest BCUT2D eigenvalue weighted by molar-refractivity contribution is -0.116. The Morgan fingerprint density at radius 2 is 1.73 bits per heavy atom. The standard InChI is InChI=1S/C15H16FN5O4S/c1-7(22)5-9-6-10(17-8(2)23)19-15(18-9)26-11-12(24-3)20-14(16)21-13(11)25-4/h6H,5H2,1-4H3,(H,17,18,19,23). The quantitative estimate of drug-likeness (QED) is 0.715. The van der Waals surface area contributed by atoms with Gasteiger partial charge in [0, 0.05) is 19.4 Å². The summed E-state index contributed by atoms with van der Waals surface area (Å²) in [4.78, 5) is 38.5. The van der Waals surface area contributed by atoms with Crippen LogP contribution in [0, 0.1) is 6.08 Å². The SMILES string of the molecule is COc1nc(F)nc(OC)c1Sc1nc(CC(C)=O)cc(NC(C)=O)n1. The molecule has 26 heavy (non-hydrogen) atoms. The first kappa shape index (κ1) is 19.5. The van der Waals surface area contributed by atoms with Crippen molar-refractivity contribution in [3.8, 4) is 11.8 Å². The minimum absolute atomic E-state index is 0.0546. The second-order valence-electron chi connectivity index (χ2n) is 5.03. The molecule has 0 bridgehead atoms. The van der Waals surface area contributed by atoms with E-state index in [0.29, 0.717) is 5.69 Å². The number of nitrogens with one attached hydrogen (secondary N) is 1. The number of amides is 1. The number of halogens is 1. The van der Waals surface area contributed by atoms with Gasteiger partial charge in [-0.25, -0.2) is 9.97 Å².